The second-order valence-electron chi connectivity index (χ2n) is 7.23. The standard InChI is InChI=1S/C18H27ClN4O/c1-22(2)16-5-4-15(11-16)21-18(24)13-7-9-23(10-8-13)17-6-3-14(19)12-20-17/h3,6,12-13,15-16H,4-5,7-11H2,1-2H3,(H,21,24). The molecule has 1 N–H and O–H groups in total. The van der Waals surface area contributed by atoms with Crippen molar-refractivity contribution in [2.75, 3.05) is 32.1 Å². The summed E-state index contributed by atoms with van der Waals surface area (Å²) in [5.41, 5.74) is 0. The number of nitrogens with zero attached hydrogens (tertiary/aromatic N) is 3. The number of piperidine rings is 1. The summed E-state index contributed by atoms with van der Waals surface area (Å²) in [7, 11) is 4.24. The molecular weight excluding hydrogens is 324 g/mol. The second kappa shape index (κ2) is 7.70. The van der Waals surface area contributed by atoms with E-state index in [0.717, 1.165) is 44.6 Å². The van der Waals surface area contributed by atoms with Gasteiger partial charge in [0.25, 0.3) is 0 Å². The Morgan fingerprint density at radius 3 is 2.58 bits per heavy atom. The molecule has 0 spiro atoms. The van der Waals surface area contributed by atoms with Gasteiger partial charge in [0, 0.05) is 37.3 Å². The molecule has 1 aromatic heterocycles. The minimum absolute atomic E-state index is 0.131. The lowest BCUT2D eigenvalue weighted by Crippen LogP contribution is -2.43. The van der Waals surface area contributed by atoms with Crippen molar-refractivity contribution in [3.8, 4) is 0 Å². The van der Waals surface area contributed by atoms with Crippen LogP contribution in [0.2, 0.25) is 5.02 Å². The van der Waals surface area contributed by atoms with E-state index in [1.165, 1.54) is 6.42 Å². The number of pyridine rings is 1. The molecule has 2 aliphatic rings. The van der Waals surface area contributed by atoms with Crippen LogP contribution in [0.15, 0.2) is 18.3 Å². The molecule has 0 bridgehead atoms. The van der Waals surface area contributed by atoms with Crippen molar-refractivity contribution in [1.82, 2.24) is 15.2 Å². The number of hydrogen-bond acceptors (Lipinski definition) is 4. The van der Waals surface area contributed by atoms with Gasteiger partial charge in [0.15, 0.2) is 0 Å². The largest absolute Gasteiger partial charge is 0.357 e. The van der Waals surface area contributed by atoms with Crippen LogP contribution in [0.3, 0.4) is 0 Å². The first kappa shape index (κ1) is 17.5. The minimum atomic E-state index is 0.131. The van der Waals surface area contributed by atoms with Crippen molar-refractivity contribution in [2.24, 2.45) is 5.92 Å². The van der Waals surface area contributed by atoms with Crippen LogP contribution in [0.5, 0.6) is 0 Å². The maximum absolute atomic E-state index is 12.5. The van der Waals surface area contributed by atoms with Crippen LogP contribution >= 0.6 is 11.6 Å². The molecule has 5 nitrogen and oxygen atoms in total. The summed E-state index contributed by atoms with van der Waals surface area (Å²) in [5.74, 6) is 1.32. The van der Waals surface area contributed by atoms with Gasteiger partial charge in [-0.05, 0) is 58.3 Å². The molecule has 1 aliphatic carbocycles. The molecule has 2 unspecified atom stereocenters. The molecule has 3 rings (SSSR count). The third-order valence-electron chi connectivity index (χ3n) is 5.38. The zero-order chi connectivity index (χ0) is 17.1. The van der Waals surface area contributed by atoms with Crippen LogP contribution in [0, 0.1) is 5.92 Å². The molecule has 1 saturated carbocycles. The third-order valence-corrected chi connectivity index (χ3v) is 5.61. The highest BCUT2D eigenvalue weighted by molar-refractivity contribution is 6.30. The van der Waals surface area contributed by atoms with E-state index >= 15 is 0 Å². The van der Waals surface area contributed by atoms with Gasteiger partial charge in [0.2, 0.25) is 5.91 Å². The summed E-state index contributed by atoms with van der Waals surface area (Å²) in [5, 5.41) is 3.93. The normalized spacial score (nSPS) is 25.2. The van der Waals surface area contributed by atoms with Gasteiger partial charge >= 0.3 is 0 Å². The number of aromatic nitrogens is 1. The van der Waals surface area contributed by atoms with Crippen molar-refractivity contribution in [2.45, 2.75) is 44.2 Å². The van der Waals surface area contributed by atoms with E-state index in [-0.39, 0.29) is 11.8 Å². The maximum atomic E-state index is 12.5. The lowest BCUT2D eigenvalue weighted by Gasteiger charge is -2.32. The second-order valence-corrected chi connectivity index (χ2v) is 7.67. The Bertz CT molecular complexity index is 555. The van der Waals surface area contributed by atoms with Crippen LogP contribution < -0.4 is 10.2 Å². The van der Waals surface area contributed by atoms with E-state index < -0.39 is 0 Å². The van der Waals surface area contributed by atoms with Gasteiger partial charge in [-0.3, -0.25) is 4.79 Å². The Morgan fingerprint density at radius 1 is 1.25 bits per heavy atom. The van der Waals surface area contributed by atoms with Gasteiger partial charge < -0.3 is 15.1 Å². The van der Waals surface area contributed by atoms with E-state index in [9.17, 15) is 4.79 Å². The number of nitrogens with one attached hydrogen (secondary N) is 1. The van der Waals surface area contributed by atoms with Gasteiger partial charge in [-0.15, -0.1) is 0 Å². The summed E-state index contributed by atoms with van der Waals surface area (Å²) in [6, 6.07) is 4.76. The lowest BCUT2D eigenvalue weighted by atomic mass is 9.95. The molecular formula is C18H27ClN4O. The minimum Gasteiger partial charge on any atom is -0.357 e. The van der Waals surface area contributed by atoms with E-state index in [2.05, 4.69) is 34.2 Å². The van der Waals surface area contributed by atoms with E-state index in [0.29, 0.717) is 17.1 Å². The molecule has 1 aromatic rings. The summed E-state index contributed by atoms with van der Waals surface area (Å²) >= 11 is 5.89. The number of hydrogen-bond donors (Lipinski definition) is 1. The highest BCUT2D eigenvalue weighted by Gasteiger charge is 2.31. The average molecular weight is 351 g/mol. The molecule has 132 valence electrons. The van der Waals surface area contributed by atoms with Crippen LogP contribution in [-0.4, -0.2) is 55.1 Å². The molecule has 24 heavy (non-hydrogen) atoms. The zero-order valence-corrected chi connectivity index (χ0v) is 15.3. The fourth-order valence-electron chi connectivity index (χ4n) is 3.80. The predicted molar refractivity (Wildman–Crippen MR) is 97.4 cm³/mol. The van der Waals surface area contributed by atoms with E-state index in [1.807, 2.05) is 12.1 Å². The first-order valence-electron chi connectivity index (χ1n) is 8.86. The smallest absolute Gasteiger partial charge is 0.223 e. The van der Waals surface area contributed by atoms with Gasteiger partial charge in [0.1, 0.15) is 5.82 Å². The monoisotopic (exact) mass is 350 g/mol. The highest BCUT2D eigenvalue weighted by atomic mass is 35.5. The van der Waals surface area contributed by atoms with Gasteiger partial charge in [-0.1, -0.05) is 11.6 Å². The summed E-state index contributed by atoms with van der Waals surface area (Å²) in [4.78, 5) is 21.4. The maximum Gasteiger partial charge on any atom is 0.223 e. The van der Waals surface area contributed by atoms with Crippen molar-refractivity contribution < 1.29 is 4.79 Å². The fraction of sp³-hybridized carbons (Fsp3) is 0.667. The van der Waals surface area contributed by atoms with Crippen LogP contribution in [0.25, 0.3) is 0 Å². The summed E-state index contributed by atoms with van der Waals surface area (Å²) in [6.07, 6.45) is 6.81. The molecule has 1 saturated heterocycles. The Morgan fingerprint density at radius 2 is 2.00 bits per heavy atom. The molecule has 0 aromatic carbocycles. The molecule has 2 atom stereocenters. The molecule has 1 amide bonds. The first-order valence-corrected chi connectivity index (χ1v) is 9.24. The Hall–Kier alpha value is -1.33. The SMILES string of the molecule is CN(C)C1CCC(NC(=O)C2CCN(c3ccc(Cl)cn3)CC2)C1. The first-order chi connectivity index (χ1) is 11.5. The number of carbonyl (C=O) groups is 1. The van der Waals surface area contributed by atoms with Gasteiger partial charge in [-0.2, -0.15) is 0 Å². The van der Waals surface area contributed by atoms with Crippen molar-refractivity contribution in [3.63, 3.8) is 0 Å². The number of anilines is 1. The lowest BCUT2D eigenvalue weighted by molar-refractivity contribution is -0.126. The van der Waals surface area contributed by atoms with Gasteiger partial charge in [-0.25, -0.2) is 4.98 Å². The van der Waals surface area contributed by atoms with Crippen LogP contribution in [0.4, 0.5) is 5.82 Å². The van der Waals surface area contributed by atoms with E-state index in [1.54, 1.807) is 6.20 Å². The van der Waals surface area contributed by atoms with E-state index in [4.69, 9.17) is 11.6 Å². The topological polar surface area (TPSA) is 48.5 Å². The number of rotatable bonds is 4. The molecule has 6 heteroatoms. The quantitative estimate of drug-likeness (QED) is 0.906. The number of carbonyl (C=O) groups excluding carboxylic acids is 1. The summed E-state index contributed by atoms with van der Waals surface area (Å²) < 4.78 is 0. The number of halogens is 1. The van der Waals surface area contributed by atoms with Crippen molar-refractivity contribution in [3.05, 3.63) is 23.4 Å². The van der Waals surface area contributed by atoms with Crippen LogP contribution in [-0.2, 0) is 4.79 Å². The van der Waals surface area contributed by atoms with Crippen LogP contribution in [0.1, 0.15) is 32.1 Å². The van der Waals surface area contributed by atoms with Crippen molar-refractivity contribution >= 4 is 23.3 Å². The molecule has 2 heterocycles. The van der Waals surface area contributed by atoms with Crippen molar-refractivity contribution in [1.29, 1.82) is 0 Å². The molecule has 2 fully saturated rings. The predicted octanol–water partition coefficient (Wildman–Crippen LogP) is 2.55. The van der Waals surface area contributed by atoms with Gasteiger partial charge in [0.05, 0.1) is 5.02 Å². The highest BCUT2D eigenvalue weighted by Crippen LogP contribution is 2.25. The fourth-order valence-corrected chi connectivity index (χ4v) is 3.91. The Kier molecular flexibility index (Phi) is 5.61. The summed E-state index contributed by atoms with van der Waals surface area (Å²) in [6.45, 7) is 1.75. The zero-order valence-electron chi connectivity index (χ0n) is 14.5. The average Bonchev–Trinajstić information content (AvgIpc) is 3.04. The Balaban J connectivity index is 1.46. The Labute approximate surface area is 149 Å². The number of amides is 1. The third kappa shape index (κ3) is 4.19. The molecule has 0 radical (unpaired) electrons. The molecule has 1 aliphatic heterocycles.